The number of carbonyl (C=O) groups excluding carboxylic acids is 1. The van der Waals surface area contributed by atoms with Gasteiger partial charge in [0.1, 0.15) is 5.82 Å². The molecule has 0 atom stereocenters. The first-order valence-corrected chi connectivity index (χ1v) is 5.62. The third kappa shape index (κ3) is 1.80. The zero-order valence-electron chi connectivity index (χ0n) is 9.48. The van der Waals surface area contributed by atoms with Crippen molar-refractivity contribution in [1.29, 1.82) is 0 Å². The van der Waals surface area contributed by atoms with Gasteiger partial charge in [-0.25, -0.2) is 4.39 Å². The highest BCUT2D eigenvalue weighted by atomic mass is 19.1. The number of fused-ring (bicyclic) bond motifs is 1. The molecule has 0 fully saturated rings. The third-order valence-electron chi connectivity index (χ3n) is 2.89. The molecule has 2 nitrogen and oxygen atoms in total. The van der Waals surface area contributed by atoms with Crippen LogP contribution in [0.2, 0.25) is 0 Å². The first-order valence-electron chi connectivity index (χ1n) is 5.62. The average Bonchev–Trinajstić information content (AvgIpc) is 2.69. The molecular formula is C15H10FNO. The van der Waals surface area contributed by atoms with E-state index in [9.17, 15) is 9.18 Å². The maximum atomic E-state index is 12.8. The highest BCUT2D eigenvalue weighted by Crippen LogP contribution is 2.32. The molecule has 0 radical (unpaired) electrons. The summed E-state index contributed by atoms with van der Waals surface area (Å²) in [5, 5.41) is 2.80. The van der Waals surface area contributed by atoms with Crippen molar-refractivity contribution in [3.8, 4) is 0 Å². The largest absolute Gasteiger partial charge is 0.321 e. The summed E-state index contributed by atoms with van der Waals surface area (Å²) in [5.74, 6) is -0.408. The van der Waals surface area contributed by atoms with Gasteiger partial charge in [-0.05, 0) is 29.8 Å². The summed E-state index contributed by atoms with van der Waals surface area (Å²) in [6.07, 6.45) is 1.76. The van der Waals surface area contributed by atoms with Crippen molar-refractivity contribution in [3.05, 3.63) is 65.5 Å². The van der Waals surface area contributed by atoms with Gasteiger partial charge in [0.15, 0.2) is 0 Å². The lowest BCUT2D eigenvalue weighted by molar-refractivity contribution is -0.110. The Morgan fingerprint density at radius 2 is 1.72 bits per heavy atom. The molecule has 18 heavy (non-hydrogen) atoms. The number of anilines is 1. The van der Waals surface area contributed by atoms with Crippen molar-refractivity contribution in [3.63, 3.8) is 0 Å². The van der Waals surface area contributed by atoms with Crippen molar-refractivity contribution in [2.24, 2.45) is 0 Å². The number of nitrogens with one attached hydrogen (secondary N) is 1. The van der Waals surface area contributed by atoms with E-state index < -0.39 is 0 Å². The molecule has 1 N–H and O–H groups in total. The summed E-state index contributed by atoms with van der Waals surface area (Å²) in [6, 6.07) is 13.6. The molecule has 0 aliphatic carbocycles. The van der Waals surface area contributed by atoms with Crippen molar-refractivity contribution in [2.75, 3.05) is 5.32 Å². The SMILES string of the molecule is O=C1Nc2ccccc2/C1=C/c1ccc(F)cc1. The van der Waals surface area contributed by atoms with Gasteiger partial charge in [0, 0.05) is 16.8 Å². The fourth-order valence-corrected chi connectivity index (χ4v) is 2.01. The first-order chi connectivity index (χ1) is 8.74. The molecule has 0 aromatic heterocycles. The van der Waals surface area contributed by atoms with Crippen LogP contribution in [0.5, 0.6) is 0 Å². The quantitative estimate of drug-likeness (QED) is 0.760. The van der Waals surface area contributed by atoms with Crippen LogP contribution < -0.4 is 5.32 Å². The topological polar surface area (TPSA) is 29.1 Å². The molecule has 1 aliphatic heterocycles. The maximum absolute atomic E-state index is 12.8. The summed E-state index contributed by atoms with van der Waals surface area (Å²) < 4.78 is 12.8. The van der Waals surface area contributed by atoms with E-state index in [0.29, 0.717) is 5.57 Å². The monoisotopic (exact) mass is 239 g/mol. The van der Waals surface area contributed by atoms with E-state index >= 15 is 0 Å². The number of amides is 1. The van der Waals surface area contributed by atoms with Crippen LogP contribution in [0.1, 0.15) is 11.1 Å². The van der Waals surface area contributed by atoms with E-state index in [1.165, 1.54) is 12.1 Å². The molecule has 1 aliphatic rings. The molecule has 2 aromatic carbocycles. The van der Waals surface area contributed by atoms with E-state index in [-0.39, 0.29) is 11.7 Å². The van der Waals surface area contributed by atoms with E-state index in [2.05, 4.69) is 5.32 Å². The Morgan fingerprint density at radius 3 is 2.50 bits per heavy atom. The lowest BCUT2D eigenvalue weighted by atomic mass is 10.0. The molecule has 88 valence electrons. The third-order valence-corrected chi connectivity index (χ3v) is 2.89. The second kappa shape index (κ2) is 4.11. The molecule has 0 bridgehead atoms. The van der Waals surface area contributed by atoms with Gasteiger partial charge in [0.05, 0.1) is 0 Å². The molecule has 1 amide bonds. The van der Waals surface area contributed by atoms with Gasteiger partial charge >= 0.3 is 0 Å². The van der Waals surface area contributed by atoms with Crippen molar-refractivity contribution >= 4 is 23.2 Å². The van der Waals surface area contributed by atoms with Gasteiger partial charge in [0.2, 0.25) is 0 Å². The average molecular weight is 239 g/mol. The minimum Gasteiger partial charge on any atom is -0.321 e. The summed E-state index contributed by atoms with van der Waals surface area (Å²) in [4.78, 5) is 11.8. The molecule has 3 heteroatoms. The number of halogens is 1. The Balaban J connectivity index is 2.07. The minimum atomic E-state index is -0.284. The minimum absolute atomic E-state index is 0.125. The molecule has 1 heterocycles. The van der Waals surface area contributed by atoms with Gasteiger partial charge in [-0.1, -0.05) is 30.3 Å². The summed E-state index contributed by atoms with van der Waals surface area (Å²) >= 11 is 0. The predicted molar refractivity (Wildman–Crippen MR) is 69.3 cm³/mol. The zero-order chi connectivity index (χ0) is 12.5. The van der Waals surface area contributed by atoms with Gasteiger partial charge in [0.25, 0.3) is 5.91 Å². The second-order valence-electron chi connectivity index (χ2n) is 4.11. The smallest absolute Gasteiger partial charge is 0.256 e. The van der Waals surface area contributed by atoms with Crippen LogP contribution in [-0.4, -0.2) is 5.91 Å². The van der Waals surface area contributed by atoms with Gasteiger partial charge < -0.3 is 5.32 Å². The lowest BCUT2D eigenvalue weighted by Gasteiger charge is -1.98. The van der Waals surface area contributed by atoms with Crippen LogP contribution in [0.3, 0.4) is 0 Å². The van der Waals surface area contributed by atoms with Crippen LogP contribution in [0.4, 0.5) is 10.1 Å². The molecule has 0 unspecified atom stereocenters. The summed E-state index contributed by atoms with van der Waals surface area (Å²) in [5.41, 5.74) is 3.11. The molecule has 0 saturated heterocycles. The van der Waals surface area contributed by atoms with Crippen LogP contribution in [0, 0.1) is 5.82 Å². The zero-order valence-corrected chi connectivity index (χ0v) is 9.48. The highest BCUT2D eigenvalue weighted by molar-refractivity contribution is 6.34. The van der Waals surface area contributed by atoms with Crippen molar-refractivity contribution in [2.45, 2.75) is 0 Å². The highest BCUT2D eigenvalue weighted by Gasteiger charge is 2.22. The van der Waals surface area contributed by atoms with Crippen LogP contribution in [0.25, 0.3) is 11.6 Å². The predicted octanol–water partition coefficient (Wildman–Crippen LogP) is 3.32. The van der Waals surface area contributed by atoms with Crippen molar-refractivity contribution < 1.29 is 9.18 Å². The molecule has 0 saturated carbocycles. The van der Waals surface area contributed by atoms with E-state index in [1.807, 2.05) is 24.3 Å². The molecule has 0 spiro atoms. The number of carbonyl (C=O) groups is 1. The lowest BCUT2D eigenvalue weighted by Crippen LogP contribution is -2.03. The molecule has 2 aromatic rings. The van der Waals surface area contributed by atoms with Crippen molar-refractivity contribution in [1.82, 2.24) is 0 Å². The maximum Gasteiger partial charge on any atom is 0.256 e. The van der Waals surface area contributed by atoms with Crippen LogP contribution in [-0.2, 0) is 4.79 Å². The fourth-order valence-electron chi connectivity index (χ4n) is 2.01. The van der Waals surface area contributed by atoms with Gasteiger partial charge in [-0.3, -0.25) is 4.79 Å². The molecular weight excluding hydrogens is 229 g/mol. The van der Waals surface area contributed by atoms with Crippen LogP contribution in [0.15, 0.2) is 48.5 Å². The Kier molecular flexibility index (Phi) is 2.45. The van der Waals surface area contributed by atoms with E-state index in [4.69, 9.17) is 0 Å². The Bertz CT molecular complexity index is 644. The van der Waals surface area contributed by atoms with E-state index in [0.717, 1.165) is 16.8 Å². The number of hydrogen-bond donors (Lipinski definition) is 1. The Hall–Kier alpha value is -2.42. The Labute approximate surface area is 104 Å². The number of rotatable bonds is 1. The van der Waals surface area contributed by atoms with Gasteiger partial charge in [-0.2, -0.15) is 0 Å². The van der Waals surface area contributed by atoms with Crippen LogP contribution >= 0.6 is 0 Å². The normalized spacial score (nSPS) is 15.6. The standard InChI is InChI=1S/C15H10FNO/c16-11-7-5-10(6-8-11)9-13-12-3-1-2-4-14(12)17-15(13)18/h1-9H,(H,17,18)/b13-9-. The van der Waals surface area contributed by atoms with E-state index in [1.54, 1.807) is 18.2 Å². The number of hydrogen-bond acceptors (Lipinski definition) is 1. The summed E-state index contributed by atoms with van der Waals surface area (Å²) in [7, 11) is 0. The molecule has 3 rings (SSSR count). The summed E-state index contributed by atoms with van der Waals surface area (Å²) in [6.45, 7) is 0. The number of benzene rings is 2. The number of para-hydroxylation sites is 1. The second-order valence-corrected chi connectivity index (χ2v) is 4.11. The van der Waals surface area contributed by atoms with Gasteiger partial charge in [-0.15, -0.1) is 0 Å². The fraction of sp³-hybridized carbons (Fsp3) is 0. The Morgan fingerprint density at radius 1 is 1.00 bits per heavy atom. The first kappa shape index (κ1) is 10.7.